The van der Waals surface area contributed by atoms with Crippen molar-refractivity contribution in [3.63, 3.8) is 0 Å². The Morgan fingerprint density at radius 2 is 2.16 bits per heavy atom. The zero-order valence-electron chi connectivity index (χ0n) is 17.3. The molecule has 2 saturated heterocycles. The minimum atomic E-state index is -0.433. The van der Waals surface area contributed by atoms with Gasteiger partial charge in [-0.2, -0.15) is 0 Å². The van der Waals surface area contributed by atoms with Crippen molar-refractivity contribution in [3.8, 4) is 0 Å². The van der Waals surface area contributed by atoms with Gasteiger partial charge in [-0.05, 0) is 48.8 Å². The number of piperazine rings is 1. The number of amides is 1. The number of rotatable bonds is 4. The maximum atomic E-state index is 13.6. The van der Waals surface area contributed by atoms with Gasteiger partial charge in [0.25, 0.3) is 5.91 Å². The minimum Gasteiger partial charge on any atom is -0.336 e. The van der Waals surface area contributed by atoms with E-state index in [0.717, 1.165) is 41.7 Å². The van der Waals surface area contributed by atoms with Crippen LogP contribution >= 0.6 is 34.5 Å². The van der Waals surface area contributed by atoms with Gasteiger partial charge < -0.3 is 4.90 Å². The van der Waals surface area contributed by atoms with E-state index >= 15 is 0 Å². The molecule has 2 aliphatic heterocycles. The van der Waals surface area contributed by atoms with Gasteiger partial charge in [0, 0.05) is 43.8 Å². The van der Waals surface area contributed by atoms with E-state index in [0.29, 0.717) is 29.7 Å². The molecule has 0 unspecified atom stereocenters. The summed E-state index contributed by atoms with van der Waals surface area (Å²) in [6.45, 7) is 8.66. The van der Waals surface area contributed by atoms with Crippen LogP contribution in [0.2, 0.25) is 5.02 Å². The maximum Gasteiger partial charge on any atom is 0.257 e. The largest absolute Gasteiger partial charge is 0.336 e. The van der Waals surface area contributed by atoms with E-state index < -0.39 is 5.83 Å². The van der Waals surface area contributed by atoms with Crippen molar-refractivity contribution in [2.45, 2.75) is 25.8 Å². The molecule has 2 aromatic rings. The first kappa shape index (κ1) is 22.5. The van der Waals surface area contributed by atoms with Gasteiger partial charge in [0.05, 0.1) is 15.6 Å². The van der Waals surface area contributed by atoms with Crippen molar-refractivity contribution in [1.29, 1.82) is 0 Å². The molecular weight excluding hydrogens is 456 g/mol. The molecular formula is C23H24Cl2FN3OS. The third kappa shape index (κ3) is 4.58. The van der Waals surface area contributed by atoms with Crippen molar-refractivity contribution >= 4 is 50.7 Å². The normalized spacial score (nSPS) is 23.2. The summed E-state index contributed by atoms with van der Waals surface area (Å²) in [6.07, 6.45) is 6.45. The topological polar surface area (TPSA) is 36.4 Å². The summed E-state index contributed by atoms with van der Waals surface area (Å²) in [5.41, 5.74) is 1.31. The Morgan fingerprint density at radius 3 is 2.94 bits per heavy atom. The predicted molar refractivity (Wildman–Crippen MR) is 127 cm³/mol. The summed E-state index contributed by atoms with van der Waals surface area (Å²) in [6, 6.07) is 2.20. The summed E-state index contributed by atoms with van der Waals surface area (Å²) >= 11 is 14.0. The number of piperidine rings is 1. The minimum absolute atomic E-state index is 0.0617. The summed E-state index contributed by atoms with van der Waals surface area (Å²) in [7, 11) is 0. The van der Waals surface area contributed by atoms with Gasteiger partial charge >= 0.3 is 0 Å². The highest BCUT2D eigenvalue weighted by atomic mass is 35.5. The molecule has 31 heavy (non-hydrogen) atoms. The Kier molecular flexibility index (Phi) is 6.82. The lowest BCUT2D eigenvalue weighted by Crippen LogP contribution is -2.57. The van der Waals surface area contributed by atoms with Crippen LogP contribution in [0.1, 0.15) is 30.1 Å². The molecule has 4 heterocycles. The van der Waals surface area contributed by atoms with Gasteiger partial charge in [0.2, 0.25) is 0 Å². The van der Waals surface area contributed by atoms with Crippen LogP contribution in [-0.4, -0.2) is 52.9 Å². The van der Waals surface area contributed by atoms with Gasteiger partial charge in [0.1, 0.15) is 10.7 Å². The number of nitrogens with zero attached hydrogens (tertiary/aromatic N) is 3. The fraction of sp³-hybridized carbons (Fsp3) is 0.391. The Labute approximate surface area is 195 Å². The molecule has 2 fully saturated rings. The molecule has 2 aromatic heterocycles. The van der Waals surface area contributed by atoms with Crippen LogP contribution in [0.25, 0.3) is 10.2 Å². The van der Waals surface area contributed by atoms with Crippen molar-refractivity contribution in [2.24, 2.45) is 5.92 Å². The van der Waals surface area contributed by atoms with Crippen LogP contribution in [0.15, 0.2) is 52.8 Å². The van der Waals surface area contributed by atoms with Crippen LogP contribution in [0.5, 0.6) is 0 Å². The molecule has 2 aliphatic rings. The summed E-state index contributed by atoms with van der Waals surface area (Å²) in [4.78, 5) is 22.7. The van der Waals surface area contributed by atoms with Crippen LogP contribution in [0.4, 0.5) is 4.39 Å². The smallest absolute Gasteiger partial charge is 0.257 e. The predicted octanol–water partition coefficient (Wildman–Crippen LogP) is 6.04. The molecule has 4 rings (SSSR count). The lowest BCUT2D eigenvalue weighted by molar-refractivity contribution is 0.0292. The fourth-order valence-corrected chi connectivity index (χ4v) is 5.69. The molecule has 0 spiro atoms. The second-order valence-electron chi connectivity index (χ2n) is 8.00. The molecule has 0 aliphatic carbocycles. The number of hydrogen-bond donors (Lipinski definition) is 0. The summed E-state index contributed by atoms with van der Waals surface area (Å²) < 4.78 is 13.6. The highest BCUT2D eigenvalue weighted by Gasteiger charge is 2.35. The zero-order chi connectivity index (χ0) is 22.1. The van der Waals surface area contributed by atoms with Crippen molar-refractivity contribution in [1.82, 2.24) is 14.8 Å². The quantitative estimate of drug-likeness (QED) is 0.501. The number of halogens is 3. The molecule has 164 valence electrons. The molecule has 0 N–H and O–H groups in total. The fourth-order valence-electron chi connectivity index (χ4n) is 4.36. The van der Waals surface area contributed by atoms with Crippen molar-refractivity contribution in [2.75, 3.05) is 26.2 Å². The van der Waals surface area contributed by atoms with Crippen LogP contribution in [0, 0.1) is 5.92 Å². The van der Waals surface area contributed by atoms with Gasteiger partial charge in [-0.3, -0.25) is 9.69 Å². The molecule has 0 saturated carbocycles. The molecule has 0 aromatic carbocycles. The third-order valence-electron chi connectivity index (χ3n) is 6.17. The molecule has 0 bridgehead atoms. The number of carbonyl (C=O) groups excluding carboxylic acids is 1. The highest BCUT2D eigenvalue weighted by Crippen LogP contribution is 2.33. The zero-order valence-corrected chi connectivity index (χ0v) is 19.6. The Hall–Kier alpha value is -1.73. The summed E-state index contributed by atoms with van der Waals surface area (Å²) in [5, 5.41) is 3.34. The Morgan fingerprint density at radius 1 is 1.35 bits per heavy atom. The monoisotopic (exact) mass is 479 g/mol. The molecule has 8 heteroatoms. The van der Waals surface area contributed by atoms with Crippen molar-refractivity contribution in [3.05, 3.63) is 63.4 Å². The van der Waals surface area contributed by atoms with E-state index in [2.05, 4.69) is 16.5 Å². The van der Waals surface area contributed by atoms with E-state index in [1.807, 2.05) is 16.3 Å². The van der Waals surface area contributed by atoms with E-state index in [-0.39, 0.29) is 16.9 Å². The van der Waals surface area contributed by atoms with Crippen molar-refractivity contribution < 1.29 is 9.18 Å². The standard InChI is InChI=1S/C23H24Cl2FN3OS/c1-3-20(26)19(24)10-14(2)15-4-5-16-13-29(8-7-28(16)12-15)23(30)18-11-27-22-17(21(18)25)6-9-31-22/h3,6,9-11,15-16H,2,4-5,7-8,12-13H2,1H3/b19-10+,20-3+/t15-,16+/m0/s1. The highest BCUT2D eigenvalue weighted by molar-refractivity contribution is 7.16. The first-order chi connectivity index (χ1) is 14.9. The third-order valence-corrected chi connectivity index (χ3v) is 7.69. The lowest BCUT2D eigenvalue weighted by atomic mass is 9.86. The van der Waals surface area contributed by atoms with Crippen LogP contribution in [0.3, 0.4) is 0 Å². The van der Waals surface area contributed by atoms with E-state index in [4.69, 9.17) is 23.2 Å². The number of fused-ring (bicyclic) bond motifs is 2. The number of carbonyl (C=O) groups is 1. The van der Waals surface area contributed by atoms with Crippen LogP contribution in [-0.2, 0) is 0 Å². The van der Waals surface area contributed by atoms with Gasteiger partial charge in [-0.25, -0.2) is 9.37 Å². The van der Waals surface area contributed by atoms with E-state index in [9.17, 15) is 9.18 Å². The average molecular weight is 480 g/mol. The van der Waals surface area contributed by atoms with E-state index in [1.165, 1.54) is 17.4 Å². The SMILES string of the molecule is C=C(/C=C(Cl)\C(F)=C/C)[C@H]1CC[C@@H]2CN(C(=O)c3cnc4sccc4c3Cl)CCN2C1. The average Bonchev–Trinajstić information content (AvgIpc) is 3.27. The number of allylic oxidation sites excluding steroid dienone is 4. The molecule has 2 atom stereocenters. The number of hydrogen-bond acceptors (Lipinski definition) is 4. The Balaban J connectivity index is 1.41. The maximum absolute atomic E-state index is 13.6. The Bertz CT molecular complexity index is 1080. The van der Waals surface area contributed by atoms with Gasteiger partial charge in [-0.15, -0.1) is 11.3 Å². The number of thiophene rings is 1. The van der Waals surface area contributed by atoms with Gasteiger partial charge in [0.15, 0.2) is 0 Å². The number of pyridine rings is 1. The number of aromatic nitrogens is 1. The second kappa shape index (κ2) is 9.41. The van der Waals surface area contributed by atoms with Gasteiger partial charge in [-0.1, -0.05) is 35.9 Å². The first-order valence-electron chi connectivity index (χ1n) is 10.3. The summed E-state index contributed by atoms with van der Waals surface area (Å²) in [5.74, 6) is -0.262. The lowest BCUT2D eigenvalue weighted by Gasteiger charge is -2.46. The first-order valence-corrected chi connectivity index (χ1v) is 12.0. The molecule has 4 nitrogen and oxygen atoms in total. The molecule has 1 amide bonds. The molecule has 0 radical (unpaired) electrons. The second-order valence-corrected chi connectivity index (χ2v) is 9.68. The van der Waals surface area contributed by atoms with E-state index in [1.54, 1.807) is 19.2 Å². The van der Waals surface area contributed by atoms with Crippen LogP contribution < -0.4 is 0 Å².